The zero-order valence-electron chi connectivity index (χ0n) is 18.3. The van der Waals surface area contributed by atoms with Gasteiger partial charge in [0.15, 0.2) is 0 Å². The Hall–Kier alpha value is -3.16. The van der Waals surface area contributed by atoms with Crippen LogP contribution in [0.25, 0.3) is 33.2 Å². The summed E-state index contributed by atoms with van der Waals surface area (Å²) in [5, 5.41) is 1.62. The Balaban J connectivity index is 1.73. The molecule has 3 aromatic carbocycles. The first-order chi connectivity index (χ1) is 16.1. The highest BCUT2D eigenvalue weighted by molar-refractivity contribution is 6.39. The third-order valence-electron chi connectivity index (χ3n) is 5.27. The van der Waals surface area contributed by atoms with Gasteiger partial charge in [-0.1, -0.05) is 47.5 Å². The molecule has 0 aliphatic heterocycles. The van der Waals surface area contributed by atoms with Crippen molar-refractivity contribution < 1.29 is 27.4 Å². The van der Waals surface area contributed by atoms with Gasteiger partial charge in [0.25, 0.3) is 0 Å². The van der Waals surface area contributed by atoms with Gasteiger partial charge in [-0.25, -0.2) is 0 Å². The summed E-state index contributed by atoms with van der Waals surface area (Å²) >= 11 is 13.0. The maximum absolute atomic E-state index is 12.5. The van der Waals surface area contributed by atoms with Crippen LogP contribution in [-0.4, -0.2) is 25.6 Å². The van der Waals surface area contributed by atoms with Crippen molar-refractivity contribution in [3.63, 3.8) is 0 Å². The predicted octanol–water partition coefficient (Wildman–Crippen LogP) is 8.10. The highest BCUT2D eigenvalue weighted by Gasteiger charge is 2.31. The molecular formula is C25H18Cl2F3NO3. The van der Waals surface area contributed by atoms with Gasteiger partial charge in [-0.2, -0.15) is 0 Å². The number of pyridine rings is 1. The van der Waals surface area contributed by atoms with Crippen molar-refractivity contribution in [3.8, 4) is 39.5 Å². The minimum atomic E-state index is -4.78. The average molecular weight is 508 g/mol. The normalized spacial score (nSPS) is 11.5. The van der Waals surface area contributed by atoms with E-state index < -0.39 is 6.36 Å². The topological polar surface area (TPSA) is 40.6 Å². The molecule has 4 aromatic rings. The first kappa shape index (κ1) is 24.0. The summed E-state index contributed by atoms with van der Waals surface area (Å²) in [6.07, 6.45) is -4.78. The molecule has 1 heterocycles. The second-order valence-corrected chi connectivity index (χ2v) is 8.16. The van der Waals surface area contributed by atoms with Crippen LogP contribution in [0, 0.1) is 6.92 Å². The third kappa shape index (κ3) is 4.72. The quantitative estimate of drug-likeness (QED) is 0.273. The highest BCUT2D eigenvalue weighted by atomic mass is 35.5. The Bertz CT molecular complexity index is 1370. The maximum Gasteiger partial charge on any atom is 0.573 e. The van der Waals surface area contributed by atoms with Crippen LogP contribution in [0.2, 0.25) is 10.0 Å². The molecule has 34 heavy (non-hydrogen) atoms. The number of aryl methyl sites for hydroxylation is 1. The molecule has 0 bridgehead atoms. The number of ether oxygens (including phenoxy) is 3. The van der Waals surface area contributed by atoms with E-state index in [1.165, 1.54) is 32.4 Å². The fourth-order valence-corrected chi connectivity index (χ4v) is 4.39. The van der Waals surface area contributed by atoms with E-state index in [1.54, 1.807) is 12.1 Å². The van der Waals surface area contributed by atoms with Gasteiger partial charge in [-0.15, -0.1) is 13.2 Å². The van der Waals surface area contributed by atoms with Gasteiger partial charge in [0, 0.05) is 34.3 Å². The van der Waals surface area contributed by atoms with Gasteiger partial charge in [-0.05, 0) is 36.2 Å². The smallest absolute Gasteiger partial charge is 0.496 e. The Morgan fingerprint density at radius 3 is 2.09 bits per heavy atom. The Labute approximate surface area is 203 Å². The molecular weight excluding hydrogens is 490 g/mol. The van der Waals surface area contributed by atoms with E-state index in [-0.39, 0.29) is 11.5 Å². The summed E-state index contributed by atoms with van der Waals surface area (Å²) in [5.41, 5.74) is 4.32. The Kier molecular flexibility index (Phi) is 6.51. The van der Waals surface area contributed by atoms with Crippen LogP contribution in [0.4, 0.5) is 13.2 Å². The van der Waals surface area contributed by atoms with Crippen LogP contribution >= 0.6 is 23.2 Å². The molecule has 0 atom stereocenters. The summed E-state index contributed by atoms with van der Waals surface area (Å²) in [7, 11) is 2.91. The Morgan fingerprint density at radius 2 is 1.47 bits per heavy atom. The molecule has 0 radical (unpaired) electrons. The first-order valence-electron chi connectivity index (χ1n) is 9.99. The molecule has 0 N–H and O–H groups in total. The van der Waals surface area contributed by atoms with Crippen molar-refractivity contribution in [2.75, 3.05) is 14.2 Å². The van der Waals surface area contributed by atoms with E-state index in [4.69, 9.17) is 32.7 Å². The van der Waals surface area contributed by atoms with E-state index >= 15 is 0 Å². The van der Waals surface area contributed by atoms with Crippen molar-refractivity contribution >= 4 is 34.1 Å². The zero-order chi connectivity index (χ0) is 24.6. The number of benzene rings is 3. The summed E-state index contributed by atoms with van der Waals surface area (Å²) in [6.45, 7) is 1.86. The lowest BCUT2D eigenvalue weighted by atomic mass is 9.97. The van der Waals surface area contributed by atoms with Crippen LogP contribution in [0.1, 0.15) is 5.69 Å². The molecule has 0 aliphatic carbocycles. The molecule has 9 heteroatoms. The minimum Gasteiger partial charge on any atom is -0.496 e. The van der Waals surface area contributed by atoms with E-state index in [0.29, 0.717) is 32.3 Å². The molecule has 0 saturated heterocycles. The molecule has 0 amide bonds. The molecule has 0 aliphatic rings. The van der Waals surface area contributed by atoms with Crippen molar-refractivity contribution in [2.24, 2.45) is 0 Å². The summed E-state index contributed by atoms with van der Waals surface area (Å²) in [6, 6.07) is 14.8. The van der Waals surface area contributed by atoms with Crippen molar-refractivity contribution in [1.29, 1.82) is 0 Å². The fourth-order valence-electron chi connectivity index (χ4n) is 3.76. The number of hydrogen-bond donors (Lipinski definition) is 0. The molecule has 0 fully saturated rings. The number of rotatable bonds is 5. The monoisotopic (exact) mass is 507 g/mol. The predicted molar refractivity (Wildman–Crippen MR) is 127 cm³/mol. The lowest BCUT2D eigenvalue weighted by Gasteiger charge is -2.15. The lowest BCUT2D eigenvalue weighted by molar-refractivity contribution is -0.274. The van der Waals surface area contributed by atoms with Gasteiger partial charge in [0.05, 0.1) is 29.8 Å². The van der Waals surface area contributed by atoms with Crippen LogP contribution in [0.15, 0.2) is 54.6 Å². The maximum atomic E-state index is 12.5. The molecule has 0 saturated carbocycles. The van der Waals surface area contributed by atoms with Gasteiger partial charge in [0.1, 0.15) is 17.2 Å². The summed E-state index contributed by atoms with van der Waals surface area (Å²) in [5.74, 6) is 0.402. The van der Waals surface area contributed by atoms with Crippen molar-refractivity contribution in [1.82, 2.24) is 4.98 Å². The SMILES string of the molecule is COc1cc2nc(C)c(-c3ccc(-c4ccc(OC(F)(F)F)cc4OC)cc3)c(Cl)c2cc1Cl. The van der Waals surface area contributed by atoms with Crippen molar-refractivity contribution in [2.45, 2.75) is 13.3 Å². The molecule has 0 spiro atoms. The number of halogens is 5. The number of aromatic nitrogens is 1. The zero-order valence-corrected chi connectivity index (χ0v) is 19.8. The van der Waals surface area contributed by atoms with Gasteiger partial charge in [-0.3, -0.25) is 4.98 Å². The first-order valence-corrected chi connectivity index (χ1v) is 10.7. The van der Waals surface area contributed by atoms with E-state index in [2.05, 4.69) is 9.72 Å². The summed E-state index contributed by atoms with van der Waals surface area (Å²) in [4.78, 5) is 4.66. The van der Waals surface area contributed by atoms with Crippen molar-refractivity contribution in [3.05, 3.63) is 70.3 Å². The van der Waals surface area contributed by atoms with Crippen LogP contribution < -0.4 is 14.2 Å². The summed E-state index contributed by atoms with van der Waals surface area (Å²) < 4.78 is 52.1. The molecule has 0 unspecified atom stereocenters. The second kappa shape index (κ2) is 9.24. The number of fused-ring (bicyclic) bond motifs is 1. The average Bonchev–Trinajstić information content (AvgIpc) is 2.78. The third-order valence-corrected chi connectivity index (χ3v) is 5.96. The van der Waals surface area contributed by atoms with Crippen LogP contribution in [-0.2, 0) is 0 Å². The number of methoxy groups -OCH3 is 2. The number of nitrogens with zero attached hydrogens (tertiary/aromatic N) is 1. The standard InChI is InChI=1S/C25H18Cl2F3NO3/c1-13-23(24(27)18-11-19(26)22(33-3)12-20(18)31-13)15-6-4-14(5-7-15)17-9-8-16(10-21(17)32-2)34-25(28,29)30/h4-12H,1-3H3. The largest absolute Gasteiger partial charge is 0.573 e. The van der Waals surface area contributed by atoms with E-state index in [9.17, 15) is 13.2 Å². The number of alkyl halides is 3. The van der Waals surface area contributed by atoms with Crippen LogP contribution in [0.5, 0.6) is 17.2 Å². The second-order valence-electron chi connectivity index (χ2n) is 7.38. The van der Waals surface area contributed by atoms with Gasteiger partial charge >= 0.3 is 6.36 Å². The molecule has 4 rings (SSSR count). The minimum absolute atomic E-state index is 0.250. The molecule has 1 aromatic heterocycles. The van der Waals surface area contributed by atoms with E-state index in [1.807, 2.05) is 31.2 Å². The molecule has 4 nitrogen and oxygen atoms in total. The Morgan fingerprint density at radius 1 is 0.824 bits per heavy atom. The lowest BCUT2D eigenvalue weighted by Crippen LogP contribution is -2.17. The number of hydrogen-bond acceptors (Lipinski definition) is 4. The van der Waals surface area contributed by atoms with Gasteiger partial charge in [0.2, 0.25) is 0 Å². The van der Waals surface area contributed by atoms with Crippen LogP contribution in [0.3, 0.4) is 0 Å². The van der Waals surface area contributed by atoms with Gasteiger partial charge < -0.3 is 14.2 Å². The highest BCUT2D eigenvalue weighted by Crippen LogP contribution is 2.41. The molecule has 176 valence electrons. The fraction of sp³-hybridized carbons (Fsp3) is 0.160. The van der Waals surface area contributed by atoms with E-state index in [0.717, 1.165) is 22.4 Å².